The average Bonchev–Trinajstić information content (AvgIpc) is 2.33. The molecule has 17 heavy (non-hydrogen) atoms. The minimum Gasteiger partial charge on any atom is -0.299 e. The van der Waals surface area contributed by atoms with Gasteiger partial charge in [-0.1, -0.05) is 56.0 Å². The van der Waals surface area contributed by atoms with E-state index < -0.39 is 0 Å². The van der Waals surface area contributed by atoms with Gasteiger partial charge in [-0.2, -0.15) is 0 Å². The Labute approximate surface area is 104 Å². The summed E-state index contributed by atoms with van der Waals surface area (Å²) in [6.45, 7) is 4.23. The van der Waals surface area contributed by atoms with E-state index in [1.54, 1.807) is 0 Å². The highest BCUT2D eigenvalue weighted by Gasteiger charge is 2.33. The Morgan fingerprint density at radius 1 is 1.12 bits per heavy atom. The van der Waals surface area contributed by atoms with Crippen LogP contribution in [0, 0.1) is 12.3 Å². The molecule has 1 aromatic carbocycles. The van der Waals surface area contributed by atoms with Crippen molar-refractivity contribution in [2.24, 2.45) is 5.41 Å². The van der Waals surface area contributed by atoms with Crippen molar-refractivity contribution in [1.29, 1.82) is 0 Å². The molecule has 0 bridgehead atoms. The summed E-state index contributed by atoms with van der Waals surface area (Å²) in [4.78, 5) is 12.4. The largest absolute Gasteiger partial charge is 0.299 e. The summed E-state index contributed by atoms with van der Waals surface area (Å²) in [7, 11) is 0. The van der Waals surface area contributed by atoms with Gasteiger partial charge in [0.2, 0.25) is 0 Å². The zero-order valence-corrected chi connectivity index (χ0v) is 11.0. The van der Waals surface area contributed by atoms with E-state index in [0.717, 1.165) is 18.4 Å². The second-order valence-corrected chi connectivity index (χ2v) is 5.71. The standard InChI is InChI=1S/C16H22O/c1-13-6-8-14(9-7-13)12-15(17)16(2)10-4-3-5-11-16/h6-9H,3-5,10-12H2,1-2H3. The molecule has 0 atom stereocenters. The Kier molecular flexibility index (Phi) is 3.66. The highest BCUT2D eigenvalue weighted by atomic mass is 16.1. The number of benzene rings is 1. The molecule has 1 aliphatic carbocycles. The molecule has 0 saturated heterocycles. The fourth-order valence-electron chi connectivity index (χ4n) is 2.72. The summed E-state index contributed by atoms with van der Waals surface area (Å²) >= 11 is 0. The van der Waals surface area contributed by atoms with Gasteiger partial charge in [-0.05, 0) is 25.3 Å². The van der Waals surface area contributed by atoms with Crippen LogP contribution in [-0.4, -0.2) is 5.78 Å². The van der Waals surface area contributed by atoms with Crippen molar-refractivity contribution in [3.8, 4) is 0 Å². The van der Waals surface area contributed by atoms with Crippen molar-refractivity contribution in [2.45, 2.75) is 52.4 Å². The lowest BCUT2D eigenvalue weighted by Gasteiger charge is -2.32. The minimum absolute atomic E-state index is 0.0524. The average molecular weight is 230 g/mol. The fraction of sp³-hybridized carbons (Fsp3) is 0.562. The van der Waals surface area contributed by atoms with Crippen LogP contribution < -0.4 is 0 Å². The van der Waals surface area contributed by atoms with E-state index in [-0.39, 0.29) is 5.41 Å². The molecule has 1 aromatic rings. The molecular formula is C16H22O. The van der Waals surface area contributed by atoms with Crippen molar-refractivity contribution in [3.63, 3.8) is 0 Å². The van der Waals surface area contributed by atoms with Gasteiger partial charge in [-0.25, -0.2) is 0 Å². The number of rotatable bonds is 3. The smallest absolute Gasteiger partial charge is 0.143 e. The van der Waals surface area contributed by atoms with E-state index >= 15 is 0 Å². The Morgan fingerprint density at radius 2 is 1.71 bits per heavy atom. The Hall–Kier alpha value is -1.11. The Morgan fingerprint density at radius 3 is 2.29 bits per heavy atom. The lowest BCUT2D eigenvalue weighted by atomic mass is 9.71. The van der Waals surface area contributed by atoms with E-state index in [9.17, 15) is 4.79 Å². The van der Waals surface area contributed by atoms with E-state index in [4.69, 9.17) is 0 Å². The maximum atomic E-state index is 12.4. The summed E-state index contributed by atoms with van der Waals surface area (Å²) in [5.41, 5.74) is 2.36. The van der Waals surface area contributed by atoms with Crippen LogP contribution >= 0.6 is 0 Å². The lowest BCUT2D eigenvalue weighted by molar-refractivity contribution is -0.128. The maximum Gasteiger partial charge on any atom is 0.143 e. The number of carbonyl (C=O) groups is 1. The lowest BCUT2D eigenvalue weighted by Crippen LogP contribution is -2.31. The van der Waals surface area contributed by atoms with Gasteiger partial charge in [0.05, 0.1) is 0 Å². The number of Topliss-reactive ketones (excluding diaryl/α,β-unsaturated/α-hetero) is 1. The number of ketones is 1. The number of hydrogen-bond donors (Lipinski definition) is 0. The third kappa shape index (κ3) is 2.96. The van der Waals surface area contributed by atoms with Gasteiger partial charge in [0, 0.05) is 11.8 Å². The van der Waals surface area contributed by atoms with E-state index in [1.165, 1.54) is 24.8 Å². The molecule has 1 nitrogen and oxygen atoms in total. The summed E-state index contributed by atoms with van der Waals surface area (Å²) in [5.74, 6) is 0.432. The van der Waals surface area contributed by atoms with Gasteiger partial charge in [0.1, 0.15) is 5.78 Å². The van der Waals surface area contributed by atoms with Gasteiger partial charge in [-0.3, -0.25) is 4.79 Å². The molecule has 1 aliphatic rings. The highest BCUT2D eigenvalue weighted by Crippen LogP contribution is 2.37. The predicted octanol–water partition coefficient (Wildman–Crippen LogP) is 4.08. The van der Waals surface area contributed by atoms with E-state index in [1.807, 2.05) is 0 Å². The zero-order chi connectivity index (χ0) is 12.3. The molecule has 0 radical (unpaired) electrons. The quantitative estimate of drug-likeness (QED) is 0.764. The number of hydrogen-bond acceptors (Lipinski definition) is 1. The van der Waals surface area contributed by atoms with Crippen LogP contribution in [0.15, 0.2) is 24.3 Å². The third-order valence-electron chi connectivity index (χ3n) is 4.12. The van der Waals surface area contributed by atoms with Crippen LogP contribution in [0.2, 0.25) is 0 Å². The molecule has 0 aromatic heterocycles. The van der Waals surface area contributed by atoms with Crippen molar-refractivity contribution in [2.75, 3.05) is 0 Å². The normalized spacial score (nSPS) is 18.9. The van der Waals surface area contributed by atoms with Crippen LogP contribution in [0.4, 0.5) is 0 Å². The first-order valence-corrected chi connectivity index (χ1v) is 6.69. The van der Waals surface area contributed by atoms with Crippen LogP contribution in [0.25, 0.3) is 0 Å². The molecule has 1 fully saturated rings. The molecular weight excluding hydrogens is 208 g/mol. The SMILES string of the molecule is Cc1ccc(CC(=O)C2(C)CCCCC2)cc1. The predicted molar refractivity (Wildman–Crippen MR) is 71.1 cm³/mol. The first-order chi connectivity index (χ1) is 8.10. The van der Waals surface area contributed by atoms with Crippen molar-refractivity contribution in [3.05, 3.63) is 35.4 Å². The summed E-state index contributed by atoms with van der Waals surface area (Å²) < 4.78 is 0. The molecule has 0 heterocycles. The Bertz CT molecular complexity index is 382. The molecule has 0 unspecified atom stereocenters. The first kappa shape index (κ1) is 12.3. The minimum atomic E-state index is -0.0524. The number of aryl methyl sites for hydroxylation is 1. The summed E-state index contributed by atoms with van der Waals surface area (Å²) in [6.07, 6.45) is 6.51. The van der Waals surface area contributed by atoms with Crippen molar-refractivity contribution < 1.29 is 4.79 Å². The second-order valence-electron chi connectivity index (χ2n) is 5.71. The van der Waals surface area contributed by atoms with Gasteiger partial charge >= 0.3 is 0 Å². The molecule has 0 N–H and O–H groups in total. The van der Waals surface area contributed by atoms with E-state index in [0.29, 0.717) is 12.2 Å². The summed E-state index contributed by atoms with van der Waals surface area (Å²) in [5, 5.41) is 0. The number of carbonyl (C=O) groups excluding carboxylic acids is 1. The zero-order valence-electron chi connectivity index (χ0n) is 11.0. The molecule has 1 heteroatoms. The molecule has 92 valence electrons. The van der Waals surface area contributed by atoms with Gasteiger partial charge in [-0.15, -0.1) is 0 Å². The van der Waals surface area contributed by atoms with Crippen LogP contribution in [0.3, 0.4) is 0 Å². The maximum absolute atomic E-state index is 12.4. The van der Waals surface area contributed by atoms with Crippen LogP contribution in [0.5, 0.6) is 0 Å². The molecule has 0 amide bonds. The van der Waals surface area contributed by atoms with Crippen LogP contribution in [-0.2, 0) is 11.2 Å². The van der Waals surface area contributed by atoms with Crippen molar-refractivity contribution >= 4 is 5.78 Å². The third-order valence-corrected chi connectivity index (χ3v) is 4.12. The van der Waals surface area contributed by atoms with Gasteiger partial charge in [0.25, 0.3) is 0 Å². The molecule has 0 aliphatic heterocycles. The fourth-order valence-corrected chi connectivity index (χ4v) is 2.72. The second kappa shape index (κ2) is 5.03. The topological polar surface area (TPSA) is 17.1 Å². The Balaban J connectivity index is 2.03. The summed E-state index contributed by atoms with van der Waals surface area (Å²) in [6, 6.07) is 8.34. The van der Waals surface area contributed by atoms with E-state index in [2.05, 4.69) is 38.1 Å². The molecule has 1 saturated carbocycles. The first-order valence-electron chi connectivity index (χ1n) is 6.69. The monoisotopic (exact) mass is 230 g/mol. The van der Waals surface area contributed by atoms with Gasteiger partial charge < -0.3 is 0 Å². The van der Waals surface area contributed by atoms with Crippen LogP contribution in [0.1, 0.15) is 50.2 Å². The highest BCUT2D eigenvalue weighted by molar-refractivity contribution is 5.86. The molecule has 2 rings (SSSR count). The van der Waals surface area contributed by atoms with Crippen molar-refractivity contribution in [1.82, 2.24) is 0 Å². The van der Waals surface area contributed by atoms with Gasteiger partial charge in [0.15, 0.2) is 0 Å². The molecule has 0 spiro atoms.